The highest BCUT2D eigenvalue weighted by atomic mass is 32.1. The van der Waals surface area contributed by atoms with Crippen LogP contribution in [-0.4, -0.2) is 16.9 Å². The Balaban J connectivity index is 2.61. The summed E-state index contributed by atoms with van der Waals surface area (Å²) in [6.45, 7) is 6.40. The van der Waals surface area contributed by atoms with E-state index in [0.717, 1.165) is 32.1 Å². The van der Waals surface area contributed by atoms with Crippen molar-refractivity contribution in [2.75, 3.05) is 0 Å². The van der Waals surface area contributed by atoms with Crippen LogP contribution in [-0.2, 0) is 4.79 Å². The van der Waals surface area contributed by atoms with Gasteiger partial charge in [0.05, 0.1) is 11.0 Å². The first-order valence-electron chi connectivity index (χ1n) is 6.48. The van der Waals surface area contributed by atoms with Crippen molar-refractivity contribution in [2.24, 2.45) is 17.1 Å². The molecule has 1 aliphatic carbocycles. The van der Waals surface area contributed by atoms with Crippen LogP contribution in [0.1, 0.15) is 52.9 Å². The molecule has 0 bridgehead atoms. The molecule has 4 heteroatoms. The summed E-state index contributed by atoms with van der Waals surface area (Å²) in [5, 5.41) is 3.01. The Kier molecular flexibility index (Phi) is 4.92. The molecule has 1 amide bonds. The maximum Gasteiger partial charge on any atom is 0.224 e. The van der Waals surface area contributed by atoms with Gasteiger partial charge in [-0.2, -0.15) is 0 Å². The highest BCUT2D eigenvalue weighted by molar-refractivity contribution is 7.80. The van der Waals surface area contributed by atoms with E-state index < -0.39 is 0 Å². The molecule has 3 nitrogen and oxygen atoms in total. The van der Waals surface area contributed by atoms with Gasteiger partial charge in [-0.15, -0.1) is 0 Å². The first-order valence-corrected chi connectivity index (χ1v) is 6.89. The molecular formula is C13H24N2OS. The van der Waals surface area contributed by atoms with Crippen molar-refractivity contribution < 1.29 is 4.79 Å². The van der Waals surface area contributed by atoms with Crippen molar-refractivity contribution in [3.05, 3.63) is 0 Å². The van der Waals surface area contributed by atoms with Crippen LogP contribution in [0.25, 0.3) is 0 Å². The van der Waals surface area contributed by atoms with Crippen LogP contribution in [0.15, 0.2) is 0 Å². The second-order valence-corrected chi connectivity index (χ2v) is 6.16. The zero-order valence-electron chi connectivity index (χ0n) is 11.1. The van der Waals surface area contributed by atoms with Gasteiger partial charge in [0.1, 0.15) is 0 Å². The van der Waals surface area contributed by atoms with Gasteiger partial charge in [-0.25, -0.2) is 0 Å². The normalized spacial score (nSPS) is 24.3. The summed E-state index contributed by atoms with van der Waals surface area (Å²) in [6, 6.07) is -0.140. The van der Waals surface area contributed by atoms with E-state index in [1.54, 1.807) is 0 Å². The summed E-state index contributed by atoms with van der Waals surface area (Å²) >= 11 is 5.00. The van der Waals surface area contributed by atoms with Gasteiger partial charge in [-0.1, -0.05) is 45.8 Å². The zero-order valence-corrected chi connectivity index (χ0v) is 11.9. The molecular weight excluding hydrogens is 232 g/mol. The van der Waals surface area contributed by atoms with E-state index in [1.807, 2.05) is 0 Å². The molecule has 2 atom stereocenters. The number of amides is 1. The summed E-state index contributed by atoms with van der Waals surface area (Å²) in [6.07, 6.45) is 5.03. The van der Waals surface area contributed by atoms with E-state index in [-0.39, 0.29) is 23.3 Å². The molecule has 17 heavy (non-hydrogen) atoms. The van der Waals surface area contributed by atoms with Crippen molar-refractivity contribution in [3.8, 4) is 0 Å². The first-order chi connectivity index (χ1) is 7.88. The molecule has 0 aromatic carbocycles. The zero-order chi connectivity index (χ0) is 13.1. The molecule has 0 aliphatic heterocycles. The van der Waals surface area contributed by atoms with Gasteiger partial charge in [0.2, 0.25) is 5.91 Å². The van der Waals surface area contributed by atoms with Crippen LogP contribution in [0.5, 0.6) is 0 Å². The van der Waals surface area contributed by atoms with Crippen molar-refractivity contribution in [1.82, 2.24) is 5.32 Å². The Morgan fingerprint density at radius 2 is 2.24 bits per heavy atom. The third-order valence-corrected chi connectivity index (χ3v) is 4.10. The maximum absolute atomic E-state index is 12.2. The highest BCUT2D eigenvalue weighted by Gasteiger charge is 2.39. The van der Waals surface area contributed by atoms with E-state index in [9.17, 15) is 4.79 Å². The van der Waals surface area contributed by atoms with Crippen molar-refractivity contribution in [1.29, 1.82) is 0 Å². The van der Waals surface area contributed by atoms with Crippen LogP contribution < -0.4 is 11.1 Å². The fourth-order valence-electron chi connectivity index (χ4n) is 2.66. The predicted molar refractivity (Wildman–Crippen MR) is 74.7 cm³/mol. The molecule has 3 N–H and O–H groups in total. The number of thiocarbonyl (C=S) groups is 1. The largest absolute Gasteiger partial charge is 0.392 e. The van der Waals surface area contributed by atoms with E-state index in [4.69, 9.17) is 18.0 Å². The SMILES string of the molecule is CCCC(NC(=O)C1CCCC1(C)C)C(N)=S. The standard InChI is InChI=1S/C13H24N2OS/c1-4-6-10(11(14)17)15-12(16)9-7-5-8-13(9,2)3/h9-10H,4-8H2,1-3H3,(H2,14,17)(H,15,16). The molecule has 0 aromatic heterocycles. The molecule has 1 saturated carbocycles. The minimum atomic E-state index is -0.140. The van der Waals surface area contributed by atoms with Crippen LogP contribution >= 0.6 is 12.2 Å². The van der Waals surface area contributed by atoms with E-state index in [0.29, 0.717) is 4.99 Å². The van der Waals surface area contributed by atoms with Crippen LogP contribution in [0.2, 0.25) is 0 Å². The molecule has 1 aliphatic rings. The number of carbonyl (C=O) groups excluding carboxylic acids is 1. The van der Waals surface area contributed by atoms with Gasteiger partial charge in [-0.3, -0.25) is 4.79 Å². The van der Waals surface area contributed by atoms with Gasteiger partial charge in [0, 0.05) is 5.92 Å². The van der Waals surface area contributed by atoms with Crippen molar-refractivity contribution in [3.63, 3.8) is 0 Å². The van der Waals surface area contributed by atoms with Gasteiger partial charge >= 0.3 is 0 Å². The fourth-order valence-corrected chi connectivity index (χ4v) is 2.84. The molecule has 0 heterocycles. The topological polar surface area (TPSA) is 55.1 Å². The molecule has 0 aromatic rings. The lowest BCUT2D eigenvalue weighted by atomic mass is 9.81. The minimum Gasteiger partial charge on any atom is -0.392 e. The Hall–Kier alpha value is -0.640. The second-order valence-electron chi connectivity index (χ2n) is 5.69. The first kappa shape index (κ1) is 14.4. The number of nitrogens with two attached hydrogens (primary N) is 1. The Labute approximate surface area is 110 Å². The average Bonchev–Trinajstić information content (AvgIpc) is 2.57. The van der Waals surface area contributed by atoms with Gasteiger partial charge in [-0.05, 0) is 24.7 Å². The minimum absolute atomic E-state index is 0.108. The monoisotopic (exact) mass is 256 g/mol. The molecule has 2 unspecified atom stereocenters. The maximum atomic E-state index is 12.2. The summed E-state index contributed by atoms with van der Waals surface area (Å²) < 4.78 is 0. The van der Waals surface area contributed by atoms with Crippen LogP contribution in [0, 0.1) is 11.3 Å². The van der Waals surface area contributed by atoms with E-state index in [2.05, 4.69) is 26.1 Å². The molecule has 1 rings (SSSR count). The lowest BCUT2D eigenvalue weighted by Gasteiger charge is -2.28. The number of nitrogens with one attached hydrogen (secondary N) is 1. The van der Waals surface area contributed by atoms with Crippen molar-refractivity contribution >= 4 is 23.1 Å². The predicted octanol–water partition coefficient (Wildman–Crippen LogP) is 2.38. The lowest BCUT2D eigenvalue weighted by molar-refractivity contribution is -0.127. The molecule has 0 saturated heterocycles. The summed E-state index contributed by atoms with van der Waals surface area (Å²) in [5.74, 6) is 0.231. The number of carbonyl (C=O) groups is 1. The van der Waals surface area contributed by atoms with Crippen molar-refractivity contribution in [2.45, 2.75) is 58.9 Å². The van der Waals surface area contributed by atoms with E-state index in [1.165, 1.54) is 0 Å². The number of hydrogen-bond acceptors (Lipinski definition) is 2. The second kappa shape index (κ2) is 5.80. The molecule has 0 radical (unpaired) electrons. The van der Waals surface area contributed by atoms with Gasteiger partial charge in [0.25, 0.3) is 0 Å². The smallest absolute Gasteiger partial charge is 0.224 e. The van der Waals surface area contributed by atoms with Gasteiger partial charge < -0.3 is 11.1 Å². The summed E-state index contributed by atoms with van der Waals surface area (Å²) in [7, 11) is 0. The van der Waals surface area contributed by atoms with Gasteiger partial charge in [0.15, 0.2) is 0 Å². The lowest BCUT2D eigenvalue weighted by Crippen LogP contribution is -2.47. The molecule has 98 valence electrons. The fraction of sp³-hybridized carbons (Fsp3) is 0.846. The summed E-state index contributed by atoms with van der Waals surface area (Å²) in [4.78, 5) is 12.6. The molecule has 1 fully saturated rings. The Morgan fingerprint density at radius 1 is 1.59 bits per heavy atom. The highest BCUT2D eigenvalue weighted by Crippen LogP contribution is 2.42. The number of rotatable bonds is 5. The quantitative estimate of drug-likeness (QED) is 0.743. The average molecular weight is 256 g/mol. The Bertz CT molecular complexity index is 302. The third kappa shape index (κ3) is 3.66. The molecule has 0 spiro atoms. The summed E-state index contributed by atoms with van der Waals surface area (Å²) in [5.41, 5.74) is 5.76. The number of hydrogen-bond donors (Lipinski definition) is 2. The third-order valence-electron chi connectivity index (χ3n) is 3.81. The van der Waals surface area contributed by atoms with E-state index >= 15 is 0 Å². The van der Waals surface area contributed by atoms with Crippen LogP contribution in [0.3, 0.4) is 0 Å². The Morgan fingerprint density at radius 3 is 2.65 bits per heavy atom. The van der Waals surface area contributed by atoms with Crippen LogP contribution in [0.4, 0.5) is 0 Å².